The number of nitrogens with one attached hydrogen (secondary N) is 1. The highest BCUT2D eigenvalue weighted by atomic mass is 16.4. The molecule has 2 aromatic rings. The smallest absolute Gasteiger partial charge is 0.372 e. The largest absolute Gasteiger partial charge is 0.475 e. The van der Waals surface area contributed by atoms with Gasteiger partial charge in [0.15, 0.2) is 0 Å². The van der Waals surface area contributed by atoms with Crippen LogP contribution in [0.5, 0.6) is 0 Å². The van der Waals surface area contributed by atoms with E-state index in [1.54, 1.807) is 18.3 Å². The topological polar surface area (TPSA) is 88.2 Å². The number of aromatic carboxylic acids is 1. The Morgan fingerprint density at radius 3 is 3.00 bits per heavy atom. The lowest BCUT2D eigenvalue weighted by Crippen LogP contribution is -2.15. The fourth-order valence-electron chi connectivity index (χ4n) is 1.42. The lowest BCUT2D eigenvalue weighted by molar-refractivity contribution is 0.0660. The molecule has 0 fully saturated rings. The summed E-state index contributed by atoms with van der Waals surface area (Å²) in [4.78, 5) is 10.8. The number of carboxylic acids is 1. The molecule has 2 rings (SSSR count). The van der Waals surface area contributed by atoms with Crippen molar-refractivity contribution in [2.24, 2.45) is 0 Å². The van der Waals surface area contributed by atoms with Crippen LogP contribution in [0.25, 0.3) is 0 Å². The highest BCUT2D eigenvalue weighted by molar-refractivity contribution is 5.86. The Bertz CT molecular complexity index is 496. The van der Waals surface area contributed by atoms with Crippen LogP contribution < -0.4 is 5.32 Å². The van der Waals surface area contributed by atoms with E-state index >= 15 is 0 Å². The van der Waals surface area contributed by atoms with E-state index in [0.29, 0.717) is 18.7 Å². The third kappa shape index (κ3) is 2.88. The highest BCUT2D eigenvalue weighted by Gasteiger charge is 2.12. The molecule has 0 spiro atoms. The maximum atomic E-state index is 10.8. The Hall–Kier alpha value is -2.21. The summed E-state index contributed by atoms with van der Waals surface area (Å²) in [6.45, 7) is 0.937. The first kappa shape index (κ1) is 11.3. The van der Waals surface area contributed by atoms with Gasteiger partial charge in [0.25, 0.3) is 0 Å². The Labute approximate surface area is 97.3 Å². The van der Waals surface area contributed by atoms with Crippen molar-refractivity contribution in [3.05, 3.63) is 47.7 Å². The molecule has 0 aliphatic heterocycles. The molecule has 0 aliphatic carbocycles. The van der Waals surface area contributed by atoms with Crippen molar-refractivity contribution in [3.8, 4) is 0 Å². The zero-order valence-electron chi connectivity index (χ0n) is 8.96. The monoisotopic (exact) mass is 233 g/mol. The van der Waals surface area contributed by atoms with Crippen LogP contribution >= 0.6 is 0 Å². The molecule has 0 bridgehead atoms. The zero-order valence-corrected chi connectivity index (χ0v) is 8.96. The summed E-state index contributed by atoms with van der Waals surface area (Å²) in [5.74, 6) is -1.09. The van der Waals surface area contributed by atoms with Crippen LogP contribution in [-0.4, -0.2) is 21.3 Å². The maximum Gasteiger partial charge on any atom is 0.372 e. The van der Waals surface area contributed by atoms with Gasteiger partial charge in [0.05, 0.1) is 12.0 Å². The molecular formula is C11H11N3O3. The molecule has 0 radical (unpaired) electrons. The first-order valence-electron chi connectivity index (χ1n) is 5.04. The van der Waals surface area contributed by atoms with Gasteiger partial charge in [-0.3, -0.25) is 0 Å². The van der Waals surface area contributed by atoms with E-state index in [4.69, 9.17) is 9.52 Å². The molecule has 6 heteroatoms. The van der Waals surface area contributed by atoms with Crippen LogP contribution in [0.1, 0.15) is 21.8 Å². The van der Waals surface area contributed by atoms with Crippen LogP contribution in [0.15, 0.2) is 35.1 Å². The lowest BCUT2D eigenvalue weighted by Gasteiger charge is -2.02. The number of furan rings is 1. The van der Waals surface area contributed by atoms with Crippen molar-refractivity contribution < 1.29 is 14.3 Å². The molecule has 2 aromatic heterocycles. The van der Waals surface area contributed by atoms with Crippen LogP contribution in [-0.2, 0) is 13.1 Å². The van der Waals surface area contributed by atoms with Crippen molar-refractivity contribution in [2.75, 3.05) is 0 Å². The van der Waals surface area contributed by atoms with Crippen molar-refractivity contribution in [1.82, 2.24) is 15.5 Å². The fraction of sp³-hybridized carbons (Fsp3) is 0.182. The fourth-order valence-corrected chi connectivity index (χ4v) is 1.42. The Morgan fingerprint density at radius 1 is 1.41 bits per heavy atom. The third-order valence-electron chi connectivity index (χ3n) is 2.19. The summed E-state index contributed by atoms with van der Waals surface area (Å²) in [5.41, 5.74) is 1.41. The van der Waals surface area contributed by atoms with Gasteiger partial charge < -0.3 is 14.8 Å². The molecule has 0 atom stereocenters. The number of hydrogen-bond acceptors (Lipinski definition) is 5. The summed E-state index contributed by atoms with van der Waals surface area (Å²) in [7, 11) is 0. The molecule has 6 nitrogen and oxygen atoms in total. The third-order valence-corrected chi connectivity index (χ3v) is 2.19. The van der Waals surface area contributed by atoms with E-state index in [9.17, 15) is 4.79 Å². The molecule has 88 valence electrons. The Balaban J connectivity index is 1.90. The summed E-state index contributed by atoms with van der Waals surface area (Å²) in [5, 5.41) is 19.5. The number of carbonyl (C=O) groups is 1. The van der Waals surface area contributed by atoms with Gasteiger partial charge in [-0.1, -0.05) is 0 Å². The predicted octanol–water partition coefficient (Wildman–Crippen LogP) is 1.06. The van der Waals surface area contributed by atoms with Gasteiger partial charge >= 0.3 is 5.97 Å². The highest BCUT2D eigenvalue weighted by Crippen LogP contribution is 2.10. The van der Waals surface area contributed by atoms with E-state index in [-0.39, 0.29) is 5.76 Å². The minimum absolute atomic E-state index is 0.0309. The maximum absolute atomic E-state index is 10.8. The standard InChI is InChI=1S/C11H11N3O3/c15-11(16)10-8(3-5-17-10)6-12-7-9-2-1-4-13-14-9/h1-5,12H,6-7H2,(H,15,16). The number of carboxylic acid groups (broad SMARTS) is 1. The van der Waals surface area contributed by atoms with E-state index < -0.39 is 5.97 Å². The normalized spacial score (nSPS) is 10.4. The summed E-state index contributed by atoms with van der Waals surface area (Å²) < 4.78 is 4.86. The summed E-state index contributed by atoms with van der Waals surface area (Å²) in [6.07, 6.45) is 2.96. The SMILES string of the molecule is O=C(O)c1occc1CNCc1cccnn1. The second-order valence-corrected chi connectivity index (χ2v) is 3.40. The number of nitrogens with zero attached hydrogens (tertiary/aromatic N) is 2. The second-order valence-electron chi connectivity index (χ2n) is 3.40. The van der Waals surface area contributed by atoms with Crippen molar-refractivity contribution >= 4 is 5.97 Å². The minimum atomic E-state index is -1.06. The molecule has 0 aromatic carbocycles. The average Bonchev–Trinajstić information content (AvgIpc) is 2.79. The summed E-state index contributed by atoms with van der Waals surface area (Å²) >= 11 is 0. The van der Waals surface area contributed by atoms with Crippen molar-refractivity contribution in [2.45, 2.75) is 13.1 Å². The molecular weight excluding hydrogens is 222 g/mol. The molecule has 17 heavy (non-hydrogen) atoms. The first-order valence-corrected chi connectivity index (χ1v) is 5.04. The average molecular weight is 233 g/mol. The van der Waals surface area contributed by atoms with E-state index in [0.717, 1.165) is 5.69 Å². The molecule has 0 unspecified atom stereocenters. The van der Waals surface area contributed by atoms with Gasteiger partial charge in [0.2, 0.25) is 5.76 Å². The molecule has 2 N–H and O–H groups in total. The van der Waals surface area contributed by atoms with Gasteiger partial charge in [-0.25, -0.2) is 4.79 Å². The van der Waals surface area contributed by atoms with E-state index in [1.807, 2.05) is 6.07 Å². The van der Waals surface area contributed by atoms with E-state index in [2.05, 4.69) is 15.5 Å². The van der Waals surface area contributed by atoms with Crippen molar-refractivity contribution in [3.63, 3.8) is 0 Å². The zero-order chi connectivity index (χ0) is 12.1. The van der Waals surface area contributed by atoms with Gasteiger partial charge in [-0.15, -0.1) is 0 Å². The molecule has 0 amide bonds. The second kappa shape index (κ2) is 5.22. The number of aromatic nitrogens is 2. The van der Waals surface area contributed by atoms with Crippen LogP contribution in [0.3, 0.4) is 0 Å². The van der Waals surface area contributed by atoms with Crippen LogP contribution in [0, 0.1) is 0 Å². The van der Waals surface area contributed by atoms with Crippen molar-refractivity contribution in [1.29, 1.82) is 0 Å². The first-order chi connectivity index (χ1) is 8.27. The van der Waals surface area contributed by atoms with E-state index in [1.165, 1.54) is 6.26 Å². The van der Waals surface area contributed by atoms with Crippen LogP contribution in [0.2, 0.25) is 0 Å². The van der Waals surface area contributed by atoms with Crippen LogP contribution in [0.4, 0.5) is 0 Å². The van der Waals surface area contributed by atoms with Gasteiger partial charge in [0.1, 0.15) is 0 Å². The number of rotatable bonds is 5. The van der Waals surface area contributed by atoms with Gasteiger partial charge in [0, 0.05) is 24.8 Å². The van der Waals surface area contributed by atoms with Gasteiger partial charge in [-0.05, 0) is 18.2 Å². The number of hydrogen-bond donors (Lipinski definition) is 2. The quantitative estimate of drug-likeness (QED) is 0.802. The molecule has 2 heterocycles. The minimum Gasteiger partial charge on any atom is -0.475 e. The summed E-state index contributed by atoms with van der Waals surface area (Å²) in [6, 6.07) is 5.27. The Morgan fingerprint density at radius 2 is 2.29 bits per heavy atom. The molecule has 0 aliphatic rings. The lowest BCUT2D eigenvalue weighted by atomic mass is 10.2. The predicted molar refractivity (Wildman–Crippen MR) is 58.2 cm³/mol. The Kier molecular flexibility index (Phi) is 3.46. The molecule has 0 saturated carbocycles. The van der Waals surface area contributed by atoms with Gasteiger partial charge in [-0.2, -0.15) is 10.2 Å². The molecule has 0 saturated heterocycles.